The molecule has 1 aromatic heterocycles. The molecule has 0 radical (unpaired) electrons. The fourth-order valence-corrected chi connectivity index (χ4v) is 4.40. The minimum atomic E-state index is 0.211. The van der Waals surface area contributed by atoms with Crippen LogP contribution in [0.4, 0.5) is 5.69 Å². The molecule has 3 aliphatic rings. The van der Waals surface area contributed by atoms with Crippen LogP contribution in [0, 0.1) is 0 Å². The number of carbonyl (C=O) groups excluding carboxylic acids is 1. The monoisotopic (exact) mass is 336 g/mol. The summed E-state index contributed by atoms with van der Waals surface area (Å²) in [6, 6.07) is 9.22. The molecular weight excluding hydrogens is 312 g/mol. The van der Waals surface area contributed by atoms with Crippen molar-refractivity contribution in [3.8, 4) is 0 Å². The first-order chi connectivity index (χ1) is 12.2. The predicted molar refractivity (Wildman–Crippen MR) is 96.6 cm³/mol. The minimum absolute atomic E-state index is 0.211. The summed E-state index contributed by atoms with van der Waals surface area (Å²) >= 11 is 0. The van der Waals surface area contributed by atoms with E-state index in [4.69, 9.17) is 0 Å². The zero-order valence-electron chi connectivity index (χ0n) is 14.7. The van der Waals surface area contributed by atoms with Gasteiger partial charge in [0.15, 0.2) is 0 Å². The summed E-state index contributed by atoms with van der Waals surface area (Å²) in [6.45, 7) is 4.36. The lowest BCUT2D eigenvalue weighted by Gasteiger charge is -2.30. The molecule has 0 spiro atoms. The number of hydrogen-bond donors (Lipinski definition) is 0. The van der Waals surface area contributed by atoms with E-state index < -0.39 is 0 Å². The molecule has 1 saturated carbocycles. The van der Waals surface area contributed by atoms with Gasteiger partial charge in [-0.05, 0) is 37.8 Å². The van der Waals surface area contributed by atoms with E-state index in [0.717, 1.165) is 31.6 Å². The molecule has 0 saturated heterocycles. The Kier molecular flexibility index (Phi) is 3.45. The molecule has 1 atom stereocenters. The standard InChI is InChI=1S/C20H24N4O/c1-14-10-15-4-2-3-5-18(15)24(14)20(25)12-22-9-8-19-17(11-22)21-13-23(19)16-6-7-16/h2-5,13-14,16H,6-12H2,1H3/t14-/m0/s1. The van der Waals surface area contributed by atoms with Gasteiger partial charge in [-0.3, -0.25) is 9.69 Å². The summed E-state index contributed by atoms with van der Waals surface area (Å²) in [4.78, 5) is 21.8. The summed E-state index contributed by atoms with van der Waals surface area (Å²) < 4.78 is 2.37. The number of nitrogens with zero attached hydrogens (tertiary/aromatic N) is 4. The lowest BCUT2D eigenvalue weighted by molar-refractivity contribution is -0.120. The number of fused-ring (bicyclic) bond motifs is 2. The van der Waals surface area contributed by atoms with Crippen molar-refractivity contribution >= 4 is 11.6 Å². The molecule has 2 aliphatic heterocycles. The van der Waals surface area contributed by atoms with Gasteiger partial charge >= 0.3 is 0 Å². The second-order valence-corrected chi connectivity index (χ2v) is 7.68. The van der Waals surface area contributed by atoms with E-state index in [1.165, 1.54) is 29.8 Å². The highest BCUT2D eigenvalue weighted by Gasteiger charge is 2.33. The Labute approximate surface area is 148 Å². The highest BCUT2D eigenvalue weighted by atomic mass is 16.2. The van der Waals surface area contributed by atoms with Gasteiger partial charge in [-0.15, -0.1) is 0 Å². The van der Waals surface area contributed by atoms with Crippen LogP contribution >= 0.6 is 0 Å². The number of anilines is 1. The Bertz CT molecular complexity index is 823. The third kappa shape index (κ3) is 2.58. The normalized spacial score (nSPS) is 22.8. The van der Waals surface area contributed by atoms with Crippen molar-refractivity contribution < 1.29 is 4.79 Å². The second kappa shape index (κ2) is 5.70. The molecule has 5 rings (SSSR count). The highest BCUT2D eigenvalue weighted by Crippen LogP contribution is 2.37. The van der Waals surface area contributed by atoms with Crippen molar-refractivity contribution in [2.45, 2.75) is 51.2 Å². The summed E-state index contributed by atoms with van der Waals surface area (Å²) in [5, 5.41) is 0. The lowest BCUT2D eigenvalue weighted by Crippen LogP contribution is -2.44. The Balaban J connectivity index is 1.30. The Morgan fingerprint density at radius 1 is 1.28 bits per heavy atom. The fraction of sp³-hybridized carbons (Fsp3) is 0.500. The SMILES string of the molecule is C[C@H]1Cc2ccccc2N1C(=O)CN1CCc2c(ncn2C2CC2)C1. The number of benzene rings is 1. The smallest absolute Gasteiger partial charge is 0.241 e. The van der Waals surface area contributed by atoms with Gasteiger partial charge < -0.3 is 9.47 Å². The van der Waals surface area contributed by atoms with Crippen LogP contribution in [0.25, 0.3) is 0 Å². The maximum absolute atomic E-state index is 13.0. The van der Waals surface area contributed by atoms with E-state index in [1.54, 1.807) is 0 Å². The Hall–Kier alpha value is -2.14. The van der Waals surface area contributed by atoms with Crippen LogP contribution in [0.2, 0.25) is 0 Å². The molecule has 130 valence electrons. The van der Waals surface area contributed by atoms with Crippen molar-refractivity contribution in [3.05, 3.63) is 47.5 Å². The molecule has 25 heavy (non-hydrogen) atoms. The number of carbonyl (C=O) groups is 1. The van der Waals surface area contributed by atoms with E-state index in [-0.39, 0.29) is 11.9 Å². The van der Waals surface area contributed by atoms with Crippen molar-refractivity contribution in [1.82, 2.24) is 14.5 Å². The molecule has 1 aliphatic carbocycles. The van der Waals surface area contributed by atoms with Crippen LogP contribution in [0.15, 0.2) is 30.6 Å². The van der Waals surface area contributed by atoms with E-state index >= 15 is 0 Å². The highest BCUT2D eigenvalue weighted by molar-refractivity contribution is 5.97. The van der Waals surface area contributed by atoms with Crippen molar-refractivity contribution in [1.29, 1.82) is 0 Å². The van der Waals surface area contributed by atoms with Gasteiger partial charge in [0.2, 0.25) is 5.91 Å². The van der Waals surface area contributed by atoms with Gasteiger partial charge in [-0.1, -0.05) is 18.2 Å². The number of para-hydroxylation sites is 1. The summed E-state index contributed by atoms with van der Waals surface area (Å²) in [5.74, 6) is 0.211. The van der Waals surface area contributed by atoms with Crippen molar-refractivity contribution in [3.63, 3.8) is 0 Å². The van der Waals surface area contributed by atoms with Crippen LogP contribution < -0.4 is 4.90 Å². The van der Waals surface area contributed by atoms with Gasteiger partial charge in [0.05, 0.1) is 18.6 Å². The Morgan fingerprint density at radius 3 is 2.96 bits per heavy atom. The van der Waals surface area contributed by atoms with E-state index in [2.05, 4.69) is 39.6 Å². The molecule has 1 amide bonds. The molecule has 2 aromatic rings. The largest absolute Gasteiger partial charge is 0.331 e. The first kappa shape index (κ1) is 15.1. The van der Waals surface area contributed by atoms with Gasteiger partial charge in [-0.25, -0.2) is 4.98 Å². The number of aromatic nitrogens is 2. The van der Waals surface area contributed by atoms with Crippen LogP contribution in [-0.4, -0.2) is 39.5 Å². The zero-order valence-corrected chi connectivity index (χ0v) is 14.7. The van der Waals surface area contributed by atoms with Crippen molar-refractivity contribution in [2.75, 3.05) is 18.0 Å². The fourth-order valence-electron chi connectivity index (χ4n) is 4.40. The summed E-state index contributed by atoms with van der Waals surface area (Å²) in [5.41, 5.74) is 4.94. The van der Waals surface area contributed by atoms with E-state index in [9.17, 15) is 4.79 Å². The molecule has 0 bridgehead atoms. The Morgan fingerprint density at radius 2 is 2.12 bits per heavy atom. The quantitative estimate of drug-likeness (QED) is 0.865. The predicted octanol–water partition coefficient (Wildman–Crippen LogP) is 2.55. The van der Waals surface area contributed by atoms with Crippen LogP contribution in [0.3, 0.4) is 0 Å². The molecule has 1 aromatic carbocycles. The van der Waals surface area contributed by atoms with Crippen LogP contribution in [-0.2, 0) is 24.2 Å². The number of hydrogen-bond acceptors (Lipinski definition) is 3. The summed E-state index contributed by atoms with van der Waals surface area (Å²) in [7, 11) is 0. The maximum Gasteiger partial charge on any atom is 0.241 e. The molecule has 0 unspecified atom stereocenters. The molecule has 3 heterocycles. The lowest BCUT2D eigenvalue weighted by atomic mass is 10.1. The van der Waals surface area contributed by atoms with Gasteiger partial charge in [0, 0.05) is 43.0 Å². The number of amides is 1. The van der Waals surface area contributed by atoms with Gasteiger partial charge in [-0.2, -0.15) is 0 Å². The average molecular weight is 336 g/mol. The first-order valence-corrected chi connectivity index (χ1v) is 9.37. The number of imidazole rings is 1. The third-order valence-electron chi connectivity index (χ3n) is 5.80. The number of rotatable bonds is 3. The van der Waals surface area contributed by atoms with E-state index in [1.807, 2.05) is 17.3 Å². The van der Waals surface area contributed by atoms with Gasteiger partial charge in [0.1, 0.15) is 0 Å². The second-order valence-electron chi connectivity index (χ2n) is 7.68. The molecular formula is C20H24N4O. The summed E-state index contributed by atoms with van der Waals surface area (Å²) in [6.07, 6.45) is 6.55. The molecule has 0 N–H and O–H groups in total. The van der Waals surface area contributed by atoms with E-state index in [0.29, 0.717) is 12.6 Å². The zero-order chi connectivity index (χ0) is 17.0. The van der Waals surface area contributed by atoms with Crippen molar-refractivity contribution in [2.24, 2.45) is 0 Å². The topological polar surface area (TPSA) is 41.4 Å². The maximum atomic E-state index is 13.0. The first-order valence-electron chi connectivity index (χ1n) is 9.37. The molecule has 5 nitrogen and oxygen atoms in total. The van der Waals surface area contributed by atoms with Crippen LogP contribution in [0.1, 0.15) is 42.8 Å². The molecule has 5 heteroatoms. The molecule has 1 fully saturated rings. The minimum Gasteiger partial charge on any atom is -0.331 e. The van der Waals surface area contributed by atoms with Crippen LogP contribution in [0.5, 0.6) is 0 Å². The third-order valence-corrected chi connectivity index (χ3v) is 5.80. The van der Waals surface area contributed by atoms with Gasteiger partial charge in [0.25, 0.3) is 0 Å². The average Bonchev–Trinajstić information content (AvgIpc) is 3.26.